The first-order valence-corrected chi connectivity index (χ1v) is 5.78. The Morgan fingerprint density at radius 2 is 2.19 bits per heavy atom. The first-order valence-electron chi connectivity index (χ1n) is 5.78. The third kappa shape index (κ3) is 4.99. The molecule has 0 amide bonds. The third-order valence-electron chi connectivity index (χ3n) is 2.30. The number of hydrogen-bond donors (Lipinski definition) is 1. The molecular weight excluding hydrogens is 198 g/mol. The molecule has 1 rings (SSSR count). The highest BCUT2D eigenvalue weighted by Gasteiger charge is 1.97. The van der Waals surface area contributed by atoms with Gasteiger partial charge < -0.3 is 10.5 Å². The van der Waals surface area contributed by atoms with E-state index in [-0.39, 0.29) is 0 Å². The smallest absolute Gasteiger partial charge is 0.120 e. The second kappa shape index (κ2) is 7.07. The highest BCUT2D eigenvalue weighted by molar-refractivity contribution is 5.28. The van der Waals surface area contributed by atoms with Crippen LogP contribution in [0.3, 0.4) is 0 Å². The molecule has 0 atom stereocenters. The summed E-state index contributed by atoms with van der Waals surface area (Å²) in [6, 6.07) is 8.24. The Morgan fingerprint density at radius 3 is 2.88 bits per heavy atom. The zero-order valence-electron chi connectivity index (χ0n) is 10.0. The predicted molar refractivity (Wildman–Crippen MR) is 68.7 cm³/mol. The second-order valence-electron chi connectivity index (χ2n) is 4.14. The average Bonchev–Trinajstić information content (AvgIpc) is 2.27. The SMILES string of the molecule is C=C(C)COc1cccc(CCCCN)c1. The predicted octanol–water partition coefficient (Wildman–Crippen LogP) is 2.92. The van der Waals surface area contributed by atoms with Gasteiger partial charge in [-0.05, 0) is 56.0 Å². The van der Waals surface area contributed by atoms with Crippen molar-refractivity contribution in [1.82, 2.24) is 0 Å². The molecule has 0 fully saturated rings. The van der Waals surface area contributed by atoms with E-state index in [1.807, 2.05) is 19.1 Å². The van der Waals surface area contributed by atoms with Gasteiger partial charge in [0, 0.05) is 0 Å². The van der Waals surface area contributed by atoms with Crippen molar-refractivity contribution in [3.8, 4) is 5.75 Å². The summed E-state index contributed by atoms with van der Waals surface area (Å²) in [6.45, 7) is 7.14. The van der Waals surface area contributed by atoms with Gasteiger partial charge in [-0.15, -0.1) is 0 Å². The van der Waals surface area contributed by atoms with Crippen LogP contribution in [0.1, 0.15) is 25.3 Å². The lowest BCUT2D eigenvalue weighted by Gasteiger charge is -2.07. The van der Waals surface area contributed by atoms with Gasteiger partial charge in [-0.1, -0.05) is 18.7 Å². The van der Waals surface area contributed by atoms with Crippen LogP contribution in [0.25, 0.3) is 0 Å². The summed E-state index contributed by atoms with van der Waals surface area (Å²) < 4.78 is 5.59. The first kappa shape index (κ1) is 12.8. The normalized spacial score (nSPS) is 10.1. The molecule has 0 aliphatic heterocycles. The maximum atomic E-state index is 5.59. The Balaban J connectivity index is 2.46. The molecule has 88 valence electrons. The average molecular weight is 219 g/mol. The minimum Gasteiger partial charge on any atom is -0.489 e. The molecule has 2 N–H and O–H groups in total. The summed E-state index contributed by atoms with van der Waals surface area (Å²) in [7, 11) is 0. The summed E-state index contributed by atoms with van der Waals surface area (Å²) in [5.74, 6) is 0.924. The van der Waals surface area contributed by atoms with Crippen molar-refractivity contribution >= 4 is 0 Å². The zero-order valence-corrected chi connectivity index (χ0v) is 10.0. The molecule has 0 heterocycles. The molecular formula is C14H21NO. The highest BCUT2D eigenvalue weighted by Crippen LogP contribution is 2.15. The minimum absolute atomic E-state index is 0.590. The number of hydrogen-bond acceptors (Lipinski definition) is 2. The van der Waals surface area contributed by atoms with Crippen LogP contribution in [-0.2, 0) is 6.42 Å². The highest BCUT2D eigenvalue weighted by atomic mass is 16.5. The lowest BCUT2D eigenvalue weighted by atomic mass is 10.1. The fourth-order valence-electron chi connectivity index (χ4n) is 1.47. The van der Waals surface area contributed by atoms with Crippen LogP contribution in [0.15, 0.2) is 36.4 Å². The number of unbranched alkanes of at least 4 members (excludes halogenated alkanes) is 1. The van der Waals surface area contributed by atoms with Crippen LogP contribution in [-0.4, -0.2) is 13.2 Å². The summed E-state index contributed by atoms with van der Waals surface area (Å²) >= 11 is 0. The van der Waals surface area contributed by atoms with E-state index in [2.05, 4.69) is 18.7 Å². The van der Waals surface area contributed by atoms with Gasteiger partial charge >= 0.3 is 0 Å². The number of rotatable bonds is 7. The fourth-order valence-corrected chi connectivity index (χ4v) is 1.47. The summed E-state index contributed by atoms with van der Waals surface area (Å²) in [6.07, 6.45) is 3.29. The van der Waals surface area contributed by atoms with Crippen LogP contribution >= 0.6 is 0 Å². The summed E-state index contributed by atoms with van der Waals surface area (Å²) in [4.78, 5) is 0. The summed E-state index contributed by atoms with van der Waals surface area (Å²) in [5.41, 5.74) is 7.82. The molecule has 16 heavy (non-hydrogen) atoms. The van der Waals surface area contributed by atoms with Crippen LogP contribution < -0.4 is 10.5 Å². The van der Waals surface area contributed by atoms with Crippen molar-refractivity contribution in [2.75, 3.05) is 13.2 Å². The maximum absolute atomic E-state index is 5.59. The largest absolute Gasteiger partial charge is 0.489 e. The van der Waals surface area contributed by atoms with Gasteiger partial charge in [-0.25, -0.2) is 0 Å². The molecule has 0 saturated carbocycles. The molecule has 0 radical (unpaired) electrons. The van der Waals surface area contributed by atoms with Crippen molar-refractivity contribution in [2.24, 2.45) is 5.73 Å². The Hall–Kier alpha value is -1.28. The Kier molecular flexibility index (Phi) is 5.65. The van der Waals surface area contributed by atoms with Gasteiger partial charge in [0.2, 0.25) is 0 Å². The molecule has 0 aromatic heterocycles. The van der Waals surface area contributed by atoms with E-state index < -0.39 is 0 Å². The molecule has 1 aromatic rings. The maximum Gasteiger partial charge on any atom is 0.120 e. The molecule has 2 nitrogen and oxygen atoms in total. The van der Waals surface area contributed by atoms with Crippen LogP contribution in [0.2, 0.25) is 0 Å². The molecule has 2 heteroatoms. The van der Waals surface area contributed by atoms with E-state index in [1.165, 1.54) is 5.56 Å². The van der Waals surface area contributed by atoms with Gasteiger partial charge in [0.15, 0.2) is 0 Å². The summed E-state index contributed by atoms with van der Waals surface area (Å²) in [5, 5.41) is 0. The number of aryl methyl sites for hydroxylation is 1. The molecule has 0 aliphatic rings. The molecule has 0 bridgehead atoms. The van der Waals surface area contributed by atoms with Crippen molar-refractivity contribution in [2.45, 2.75) is 26.2 Å². The van der Waals surface area contributed by atoms with Crippen molar-refractivity contribution in [3.63, 3.8) is 0 Å². The molecule has 0 spiro atoms. The number of nitrogens with two attached hydrogens (primary N) is 1. The van der Waals surface area contributed by atoms with E-state index >= 15 is 0 Å². The van der Waals surface area contributed by atoms with E-state index in [1.54, 1.807) is 0 Å². The van der Waals surface area contributed by atoms with Crippen LogP contribution in [0.5, 0.6) is 5.75 Å². The van der Waals surface area contributed by atoms with E-state index in [4.69, 9.17) is 10.5 Å². The monoisotopic (exact) mass is 219 g/mol. The zero-order chi connectivity index (χ0) is 11.8. The quantitative estimate of drug-likeness (QED) is 0.565. The van der Waals surface area contributed by atoms with Gasteiger partial charge in [-0.3, -0.25) is 0 Å². The van der Waals surface area contributed by atoms with E-state index in [0.29, 0.717) is 6.61 Å². The lowest BCUT2D eigenvalue weighted by Crippen LogP contribution is -2.00. The molecule has 0 saturated heterocycles. The Morgan fingerprint density at radius 1 is 1.38 bits per heavy atom. The van der Waals surface area contributed by atoms with Gasteiger partial charge in [0.1, 0.15) is 12.4 Å². The van der Waals surface area contributed by atoms with Crippen molar-refractivity contribution in [3.05, 3.63) is 42.0 Å². The van der Waals surface area contributed by atoms with Crippen LogP contribution in [0.4, 0.5) is 0 Å². The Labute approximate surface area is 98.1 Å². The third-order valence-corrected chi connectivity index (χ3v) is 2.30. The lowest BCUT2D eigenvalue weighted by molar-refractivity contribution is 0.352. The fraction of sp³-hybridized carbons (Fsp3) is 0.429. The number of benzene rings is 1. The van der Waals surface area contributed by atoms with Crippen molar-refractivity contribution in [1.29, 1.82) is 0 Å². The molecule has 0 aliphatic carbocycles. The first-order chi connectivity index (χ1) is 7.72. The van der Waals surface area contributed by atoms with Gasteiger partial charge in [-0.2, -0.15) is 0 Å². The van der Waals surface area contributed by atoms with Crippen LogP contribution in [0, 0.1) is 0 Å². The molecule has 1 aromatic carbocycles. The topological polar surface area (TPSA) is 35.2 Å². The number of ether oxygens (including phenoxy) is 1. The van der Waals surface area contributed by atoms with Crippen molar-refractivity contribution < 1.29 is 4.74 Å². The Bertz CT molecular complexity index is 333. The van der Waals surface area contributed by atoms with Gasteiger partial charge in [0.25, 0.3) is 0 Å². The van der Waals surface area contributed by atoms with E-state index in [9.17, 15) is 0 Å². The molecule has 0 unspecified atom stereocenters. The second-order valence-corrected chi connectivity index (χ2v) is 4.14. The van der Waals surface area contributed by atoms with E-state index in [0.717, 1.165) is 37.1 Å². The minimum atomic E-state index is 0.590. The standard InChI is InChI=1S/C14H21NO/c1-12(2)11-16-14-8-5-7-13(10-14)6-3-4-9-15/h5,7-8,10H,1,3-4,6,9,11,15H2,2H3. The van der Waals surface area contributed by atoms with Gasteiger partial charge in [0.05, 0.1) is 0 Å².